The van der Waals surface area contributed by atoms with Gasteiger partial charge in [0.25, 0.3) is 0 Å². The molecule has 0 amide bonds. The van der Waals surface area contributed by atoms with Gasteiger partial charge in [0.05, 0.1) is 104 Å². The van der Waals surface area contributed by atoms with Gasteiger partial charge in [0.15, 0.2) is 0 Å². The van der Waals surface area contributed by atoms with Crippen molar-refractivity contribution in [3.8, 4) is 0 Å². The van der Waals surface area contributed by atoms with Crippen LogP contribution in [0.1, 0.15) is 76.2 Å². The van der Waals surface area contributed by atoms with E-state index in [0.717, 1.165) is 19.6 Å². The summed E-state index contributed by atoms with van der Waals surface area (Å²) in [7, 11) is 0. The van der Waals surface area contributed by atoms with Gasteiger partial charge in [-0.05, 0) is 76.2 Å². The van der Waals surface area contributed by atoms with E-state index in [1.807, 2.05) is 41.5 Å². The lowest BCUT2D eigenvalue weighted by Gasteiger charge is -2.41. The molecule has 0 radical (unpaired) electrons. The van der Waals surface area contributed by atoms with Crippen LogP contribution in [0.4, 0.5) is 0 Å². The molecular weight excluding hydrogens is 540 g/mol. The molecule has 0 aromatic heterocycles. The summed E-state index contributed by atoms with van der Waals surface area (Å²) in [5.74, 6) is 0. The fourth-order valence-electron chi connectivity index (χ4n) is 3.72. The fraction of sp³-hybridized carbons (Fsp3) is 1.00. The Morgan fingerprint density at radius 1 is 0.429 bits per heavy atom. The Labute approximate surface area is 258 Å². The third-order valence-corrected chi connectivity index (χ3v) is 5.90. The molecule has 0 aromatic carbocycles. The van der Waals surface area contributed by atoms with E-state index in [9.17, 15) is 0 Å². The molecular formula is C32H68N2O8. The molecule has 0 aliphatic carbocycles. The highest BCUT2D eigenvalue weighted by Crippen LogP contribution is 2.17. The van der Waals surface area contributed by atoms with E-state index in [0.29, 0.717) is 92.5 Å². The van der Waals surface area contributed by atoms with Crippen LogP contribution in [0.5, 0.6) is 0 Å². The van der Waals surface area contributed by atoms with E-state index in [4.69, 9.17) is 37.9 Å². The summed E-state index contributed by atoms with van der Waals surface area (Å²) < 4.78 is 45.0. The summed E-state index contributed by atoms with van der Waals surface area (Å²) in [4.78, 5) is 2.46. The largest absolute Gasteiger partial charge is 0.378 e. The van der Waals surface area contributed by atoms with E-state index in [1.165, 1.54) is 0 Å². The molecule has 0 aromatic rings. The predicted octanol–water partition coefficient (Wildman–Crippen LogP) is 4.18. The average Bonchev–Trinajstić information content (AvgIpc) is 2.84. The fourth-order valence-corrected chi connectivity index (χ4v) is 3.72. The maximum atomic E-state index is 5.84. The van der Waals surface area contributed by atoms with Gasteiger partial charge in [-0.15, -0.1) is 0 Å². The molecule has 0 rings (SSSR count). The van der Waals surface area contributed by atoms with Crippen molar-refractivity contribution in [1.29, 1.82) is 0 Å². The van der Waals surface area contributed by atoms with E-state index in [-0.39, 0.29) is 22.3 Å². The highest BCUT2D eigenvalue weighted by atomic mass is 16.6. The van der Waals surface area contributed by atoms with Gasteiger partial charge < -0.3 is 43.2 Å². The van der Waals surface area contributed by atoms with Crippen molar-refractivity contribution in [3.63, 3.8) is 0 Å². The van der Waals surface area contributed by atoms with Crippen LogP contribution in [0.15, 0.2) is 0 Å². The van der Waals surface area contributed by atoms with Crippen LogP contribution in [0.25, 0.3) is 0 Å². The molecule has 0 atom stereocenters. The standard InChI is InChI=1S/C32H68N2O8/c1-29(2,3)34(13-15-36-17-19-39-24-26-41-30(4,5)6)28-32(10,11)33-12-14-35-16-18-37-20-21-38-22-23-40-25-27-42-31(7,8)9/h33H,12-28H2,1-11H3. The van der Waals surface area contributed by atoms with Crippen molar-refractivity contribution >= 4 is 0 Å². The lowest BCUT2D eigenvalue weighted by atomic mass is 9.99. The molecule has 254 valence electrons. The minimum Gasteiger partial charge on any atom is -0.378 e. The van der Waals surface area contributed by atoms with Crippen LogP contribution in [-0.2, 0) is 37.9 Å². The van der Waals surface area contributed by atoms with Gasteiger partial charge >= 0.3 is 0 Å². The highest BCUT2D eigenvalue weighted by molar-refractivity contribution is 4.87. The zero-order chi connectivity index (χ0) is 32.0. The summed E-state index contributed by atoms with van der Waals surface area (Å²) in [6.07, 6.45) is 0. The molecule has 0 fully saturated rings. The minimum atomic E-state index is -0.129. The van der Waals surface area contributed by atoms with E-state index in [1.54, 1.807) is 0 Å². The third kappa shape index (κ3) is 29.7. The molecule has 0 unspecified atom stereocenters. The molecule has 42 heavy (non-hydrogen) atoms. The van der Waals surface area contributed by atoms with Gasteiger partial charge in [0.2, 0.25) is 0 Å². The summed E-state index contributed by atoms with van der Waals surface area (Å²) in [5.41, 5.74) is -0.285. The topological polar surface area (TPSA) is 89.1 Å². The first-order valence-corrected chi connectivity index (χ1v) is 15.8. The second kappa shape index (κ2) is 23.0. The first-order valence-electron chi connectivity index (χ1n) is 15.8. The zero-order valence-corrected chi connectivity index (χ0v) is 29.2. The van der Waals surface area contributed by atoms with Crippen molar-refractivity contribution in [2.45, 2.75) is 98.4 Å². The van der Waals surface area contributed by atoms with Gasteiger partial charge in [0.1, 0.15) is 0 Å². The molecule has 0 aliphatic rings. The summed E-state index contributed by atoms with van der Waals surface area (Å²) >= 11 is 0. The number of rotatable bonds is 27. The van der Waals surface area contributed by atoms with Crippen molar-refractivity contribution in [2.24, 2.45) is 0 Å². The van der Waals surface area contributed by atoms with Crippen LogP contribution >= 0.6 is 0 Å². The van der Waals surface area contributed by atoms with Crippen molar-refractivity contribution in [2.75, 3.05) is 112 Å². The smallest absolute Gasteiger partial charge is 0.0707 e. The van der Waals surface area contributed by atoms with Gasteiger partial charge in [0, 0.05) is 30.7 Å². The van der Waals surface area contributed by atoms with Crippen molar-refractivity contribution in [1.82, 2.24) is 10.2 Å². The Balaban J connectivity index is 3.80. The van der Waals surface area contributed by atoms with Crippen LogP contribution in [0, 0.1) is 0 Å². The monoisotopic (exact) mass is 608 g/mol. The third-order valence-electron chi connectivity index (χ3n) is 5.90. The van der Waals surface area contributed by atoms with E-state index >= 15 is 0 Å². The Bertz CT molecular complexity index is 615. The maximum absolute atomic E-state index is 5.84. The van der Waals surface area contributed by atoms with E-state index in [2.05, 4.69) is 44.8 Å². The molecule has 0 saturated carbocycles. The molecule has 10 nitrogen and oxygen atoms in total. The van der Waals surface area contributed by atoms with Crippen LogP contribution in [-0.4, -0.2) is 139 Å². The summed E-state index contributed by atoms with van der Waals surface area (Å²) in [5, 5.41) is 3.63. The normalized spacial score (nSPS) is 13.4. The number of ether oxygens (including phenoxy) is 8. The summed E-state index contributed by atoms with van der Waals surface area (Å²) in [6.45, 7) is 34.2. The molecule has 0 bridgehead atoms. The average molecular weight is 609 g/mol. The Hall–Kier alpha value is -0.400. The molecule has 1 N–H and O–H groups in total. The SMILES string of the molecule is CC(C)(CN(CCOCCOCCOC(C)(C)C)C(C)(C)C)NCCOCCOCCOCCOCCOC(C)(C)C. The van der Waals surface area contributed by atoms with Crippen LogP contribution < -0.4 is 5.32 Å². The van der Waals surface area contributed by atoms with Crippen molar-refractivity contribution < 1.29 is 37.9 Å². The lowest BCUT2D eigenvalue weighted by molar-refractivity contribution is -0.0460. The van der Waals surface area contributed by atoms with Gasteiger partial charge in [-0.2, -0.15) is 0 Å². The maximum Gasteiger partial charge on any atom is 0.0707 e. The number of hydrogen-bond acceptors (Lipinski definition) is 10. The number of nitrogens with zero attached hydrogens (tertiary/aromatic N) is 1. The number of nitrogens with one attached hydrogen (secondary N) is 1. The molecule has 0 heterocycles. The van der Waals surface area contributed by atoms with Crippen molar-refractivity contribution in [3.05, 3.63) is 0 Å². The van der Waals surface area contributed by atoms with E-state index < -0.39 is 0 Å². The minimum absolute atomic E-state index is 0.0364. The lowest BCUT2D eigenvalue weighted by Crippen LogP contribution is -2.55. The summed E-state index contributed by atoms with van der Waals surface area (Å²) in [6, 6.07) is 0. The van der Waals surface area contributed by atoms with Gasteiger partial charge in [-0.3, -0.25) is 4.90 Å². The predicted molar refractivity (Wildman–Crippen MR) is 170 cm³/mol. The quantitative estimate of drug-likeness (QED) is 0.137. The molecule has 0 spiro atoms. The molecule has 0 saturated heterocycles. The van der Waals surface area contributed by atoms with Crippen LogP contribution in [0.3, 0.4) is 0 Å². The molecule has 0 aliphatic heterocycles. The second-order valence-electron chi connectivity index (χ2n) is 14.0. The van der Waals surface area contributed by atoms with Crippen LogP contribution in [0.2, 0.25) is 0 Å². The van der Waals surface area contributed by atoms with Gasteiger partial charge in [-0.25, -0.2) is 0 Å². The Morgan fingerprint density at radius 2 is 0.762 bits per heavy atom. The Morgan fingerprint density at radius 3 is 1.12 bits per heavy atom. The second-order valence-corrected chi connectivity index (χ2v) is 14.0. The Kier molecular flexibility index (Phi) is 22.8. The number of hydrogen-bond donors (Lipinski definition) is 1. The molecule has 10 heteroatoms. The zero-order valence-electron chi connectivity index (χ0n) is 29.2. The highest BCUT2D eigenvalue weighted by Gasteiger charge is 2.28. The van der Waals surface area contributed by atoms with Gasteiger partial charge in [-0.1, -0.05) is 0 Å². The first-order chi connectivity index (χ1) is 19.5. The first kappa shape index (κ1) is 41.6.